The van der Waals surface area contributed by atoms with Gasteiger partial charge in [-0.25, -0.2) is 0 Å². The fraction of sp³-hybridized carbons (Fsp3) is 0.538. The van der Waals surface area contributed by atoms with Crippen molar-refractivity contribution in [2.45, 2.75) is 31.2 Å². The van der Waals surface area contributed by atoms with Gasteiger partial charge in [0.2, 0.25) is 0 Å². The normalized spacial score (nSPS) is 36.8. The summed E-state index contributed by atoms with van der Waals surface area (Å²) in [6, 6.07) is 9.97. The Morgan fingerprint density at radius 1 is 1.12 bits per heavy atom. The van der Waals surface area contributed by atoms with Crippen LogP contribution in [-0.4, -0.2) is 32.2 Å². The summed E-state index contributed by atoms with van der Waals surface area (Å²) in [5, 5.41) is 0. The lowest BCUT2D eigenvalue weighted by molar-refractivity contribution is -0.182. The summed E-state index contributed by atoms with van der Waals surface area (Å²) in [6.07, 6.45) is 0.370. The molecule has 0 amide bonds. The minimum Gasteiger partial charge on any atom is -0.356 e. The summed E-state index contributed by atoms with van der Waals surface area (Å²) < 4.78 is 22.4. The fourth-order valence-electron chi connectivity index (χ4n) is 2.27. The third kappa shape index (κ3) is 2.21. The van der Waals surface area contributed by atoms with Crippen molar-refractivity contribution in [2.24, 2.45) is 0 Å². The average Bonchev–Trinajstić information content (AvgIpc) is 2.82. The van der Waals surface area contributed by atoms with E-state index < -0.39 is 0 Å². The summed E-state index contributed by atoms with van der Waals surface area (Å²) in [7, 11) is 1.65. The van der Waals surface area contributed by atoms with Gasteiger partial charge in [0.1, 0.15) is 6.10 Å². The third-order valence-corrected chi connectivity index (χ3v) is 3.22. The first-order valence-electron chi connectivity index (χ1n) is 5.87. The van der Waals surface area contributed by atoms with Crippen LogP contribution in [0.5, 0.6) is 0 Å². The molecule has 0 N–H and O–H groups in total. The predicted octanol–water partition coefficient (Wildman–Crippen LogP) is 1.86. The van der Waals surface area contributed by atoms with Gasteiger partial charge in [-0.15, -0.1) is 0 Å². The lowest BCUT2D eigenvalue weighted by atomic mass is 10.1. The van der Waals surface area contributed by atoms with Crippen LogP contribution >= 0.6 is 0 Å². The van der Waals surface area contributed by atoms with Crippen molar-refractivity contribution in [2.75, 3.05) is 13.7 Å². The van der Waals surface area contributed by atoms with Gasteiger partial charge in [-0.3, -0.25) is 0 Å². The van der Waals surface area contributed by atoms with Crippen LogP contribution in [0.25, 0.3) is 0 Å². The molecule has 17 heavy (non-hydrogen) atoms. The largest absolute Gasteiger partial charge is 0.356 e. The lowest BCUT2D eigenvalue weighted by Gasteiger charge is -2.28. The van der Waals surface area contributed by atoms with Gasteiger partial charge in [-0.2, -0.15) is 0 Å². The molecule has 4 heteroatoms. The molecule has 2 aliphatic heterocycles. The highest BCUT2D eigenvalue weighted by molar-refractivity contribution is 5.16. The van der Waals surface area contributed by atoms with Gasteiger partial charge in [0.25, 0.3) is 0 Å². The van der Waals surface area contributed by atoms with E-state index in [0.29, 0.717) is 6.61 Å². The zero-order chi connectivity index (χ0) is 11.7. The van der Waals surface area contributed by atoms with Crippen LogP contribution in [0.4, 0.5) is 0 Å². The van der Waals surface area contributed by atoms with E-state index >= 15 is 0 Å². The molecule has 0 aromatic heterocycles. The SMILES string of the molecule is CO[C@H]1C[C@@H]2OC(c3ccccc3)O[C@@H]2CO1. The number of benzene rings is 1. The molecule has 0 aliphatic carbocycles. The summed E-state index contributed by atoms with van der Waals surface area (Å²) >= 11 is 0. The summed E-state index contributed by atoms with van der Waals surface area (Å²) in [4.78, 5) is 0. The van der Waals surface area contributed by atoms with Crippen molar-refractivity contribution in [3.8, 4) is 0 Å². The Morgan fingerprint density at radius 2 is 1.88 bits per heavy atom. The highest BCUT2D eigenvalue weighted by atomic mass is 16.8. The topological polar surface area (TPSA) is 36.9 Å². The van der Waals surface area contributed by atoms with Crippen molar-refractivity contribution in [3.63, 3.8) is 0 Å². The minimum absolute atomic E-state index is 0.0200. The molecule has 2 heterocycles. The summed E-state index contributed by atoms with van der Waals surface area (Å²) in [5.41, 5.74) is 1.05. The van der Waals surface area contributed by atoms with Crippen LogP contribution in [0.1, 0.15) is 18.3 Å². The van der Waals surface area contributed by atoms with E-state index in [1.54, 1.807) is 7.11 Å². The molecule has 1 aromatic rings. The monoisotopic (exact) mass is 236 g/mol. The smallest absolute Gasteiger partial charge is 0.184 e. The number of methoxy groups -OCH3 is 1. The molecule has 2 fully saturated rings. The minimum atomic E-state index is -0.273. The van der Waals surface area contributed by atoms with Crippen LogP contribution in [-0.2, 0) is 18.9 Å². The van der Waals surface area contributed by atoms with Gasteiger partial charge in [0, 0.05) is 19.1 Å². The highest BCUT2D eigenvalue weighted by Crippen LogP contribution is 2.35. The Hall–Kier alpha value is -0.940. The third-order valence-electron chi connectivity index (χ3n) is 3.22. The van der Waals surface area contributed by atoms with Crippen molar-refractivity contribution in [3.05, 3.63) is 35.9 Å². The number of fused-ring (bicyclic) bond motifs is 1. The zero-order valence-corrected chi connectivity index (χ0v) is 9.74. The quantitative estimate of drug-likeness (QED) is 0.785. The summed E-state index contributed by atoms with van der Waals surface area (Å²) in [6.45, 7) is 0.534. The zero-order valence-electron chi connectivity index (χ0n) is 9.74. The van der Waals surface area contributed by atoms with Crippen molar-refractivity contribution >= 4 is 0 Å². The molecule has 4 nitrogen and oxygen atoms in total. The Bertz CT molecular complexity index is 367. The summed E-state index contributed by atoms with van der Waals surface area (Å²) in [5.74, 6) is 0. The average molecular weight is 236 g/mol. The second kappa shape index (κ2) is 4.74. The van der Waals surface area contributed by atoms with Gasteiger partial charge < -0.3 is 18.9 Å². The number of rotatable bonds is 2. The molecule has 1 unspecified atom stereocenters. The van der Waals surface area contributed by atoms with Crippen LogP contribution < -0.4 is 0 Å². The number of hydrogen-bond acceptors (Lipinski definition) is 4. The van der Waals surface area contributed by atoms with Crippen molar-refractivity contribution in [1.29, 1.82) is 0 Å². The molecule has 0 saturated carbocycles. The van der Waals surface area contributed by atoms with Gasteiger partial charge in [-0.1, -0.05) is 30.3 Å². The maximum absolute atomic E-state index is 5.90. The van der Waals surface area contributed by atoms with Crippen molar-refractivity contribution in [1.82, 2.24) is 0 Å². The van der Waals surface area contributed by atoms with E-state index in [1.165, 1.54) is 0 Å². The molecule has 0 spiro atoms. The molecule has 4 atom stereocenters. The Labute approximate surface area is 100 Å². The van der Waals surface area contributed by atoms with Crippen LogP contribution in [0, 0.1) is 0 Å². The second-order valence-electron chi connectivity index (χ2n) is 4.33. The number of hydrogen-bond donors (Lipinski definition) is 0. The van der Waals surface area contributed by atoms with Crippen LogP contribution in [0.2, 0.25) is 0 Å². The Morgan fingerprint density at radius 3 is 2.65 bits per heavy atom. The first-order valence-corrected chi connectivity index (χ1v) is 5.87. The molecule has 0 radical (unpaired) electrons. The van der Waals surface area contributed by atoms with E-state index in [-0.39, 0.29) is 24.8 Å². The van der Waals surface area contributed by atoms with Gasteiger partial charge >= 0.3 is 0 Å². The fourth-order valence-corrected chi connectivity index (χ4v) is 2.27. The molecule has 2 saturated heterocycles. The first-order chi connectivity index (χ1) is 8.36. The molecule has 3 rings (SSSR count). The van der Waals surface area contributed by atoms with Crippen molar-refractivity contribution < 1.29 is 18.9 Å². The Balaban J connectivity index is 1.69. The molecule has 1 aromatic carbocycles. The molecule has 0 bridgehead atoms. The lowest BCUT2D eigenvalue weighted by Crippen LogP contribution is -2.39. The predicted molar refractivity (Wildman–Crippen MR) is 60.3 cm³/mol. The van der Waals surface area contributed by atoms with E-state index in [0.717, 1.165) is 12.0 Å². The Kier molecular flexibility index (Phi) is 3.11. The van der Waals surface area contributed by atoms with E-state index in [1.807, 2.05) is 30.3 Å². The first kappa shape index (κ1) is 11.2. The van der Waals surface area contributed by atoms with Gasteiger partial charge in [-0.05, 0) is 0 Å². The molecule has 2 aliphatic rings. The van der Waals surface area contributed by atoms with Gasteiger partial charge in [0.15, 0.2) is 12.6 Å². The van der Waals surface area contributed by atoms with E-state index in [2.05, 4.69) is 0 Å². The van der Waals surface area contributed by atoms with Gasteiger partial charge in [0.05, 0.1) is 12.7 Å². The maximum Gasteiger partial charge on any atom is 0.184 e. The van der Waals surface area contributed by atoms with Crippen LogP contribution in [0.15, 0.2) is 30.3 Å². The maximum atomic E-state index is 5.90. The highest BCUT2D eigenvalue weighted by Gasteiger charge is 2.41. The number of ether oxygens (including phenoxy) is 4. The molecule has 92 valence electrons. The van der Waals surface area contributed by atoms with E-state index in [9.17, 15) is 0 Å². The van der Waals surface area contributed by atoms with Crippen LogP contribution in [0.3, 0.4) is 0 Å². The second-order valence-corrected chi connectivity index (χ2v) is 4.33. The molecular weight excluding hydrogens is 220 g/mol. The standard InChI is InChI=1S/C13H16O4/c1-14-12-7-10-11(8-15-12)17-13(16-10)9-5-3-2-4-6-9/h2-6,10-13H,7-8H2,1H3/t10-,11+,12+,13?/m0/s1. The van der Waals surface area contributed by atoms with E-state index in [4.69, 9.17) is 18.9 Å². The molecular formula is C13H16O4.